The Balaban J connectivity index is 1.85. The van der Waals surface area contributed by atoms with Gasteiger partial charge in [-0.2, -0.15) is 0 Å². The topological polar surface area (TPSA) is 113 Å². The van der Waals surface area contributed by atoms with E-state index in [0.29, 0.717) is 0 Å². The SMILES string of the molecule is CC(C)(C)OC(=O)N1CC(O)(CN2CC(C(N)=O)CC2=O)C1. The highest BCUT2D eigenvalue weighted by atomic mass is 16.6. The molecule has 0 aromatic rings. The zero-order valence-corrected chi connectivity index (χ0v) is 13.2. The molecule has 0 aromatic heterocycles. The number of β-amino-alcohol motifs (C(OH)–C–C–N with tert-alkyl or cyclic N) is 1. The van der Waals surface area contributed by atoms with E-state index in [0.717, 1.165) is 0 Å². The standard InChI is InChI=1S/C14H23N3O5/c1-13(2,3)22-12(20)17-7-14(21,8-17)6-16-5-9(11(15)19)4-10(16)18/h9,21H,4-8H2,1-3H3,(H2,15,19). The molecule has 2 aliphatic heterocycles. The number of nitrogens with two attached hydrogens (primary N) is 1. The van der Waals surface area contributed by atoms with E-state index in [2.05, 4.69) is 0 Å². The molecular formula is C14H23N3O5. The number of hydrogen-bond donors (Lipinski definition) is 2. The average molecular weight is 313 g/mol. The van der Waals surface area contributed by atoms with Crippen LogP contribution in [0.4, 0.5) is 4.79 Å². The summed E-state index contributed by atoms with van der Waals surface area (Å²) < 4.78 is 5.21. The highest BCUT2D eigenvalue weighted by Gasteiger charge is 2.48. The van der Waals surface area contributed by atoms with Gasteiger partial charge in [-0.3, -0.25) is 9.59 Å². The summed E-state index contributed by atoms with van der Waals surface area (Å²) in [6.45, 7) is 5.83. The Hall–Kier alpha value is -1.83. The quantitative estimate of drug-likeness (QED) is 0.715. The molecular weight excluding hydrogens is 290 g/mol. The molecule has 3 amide bonds. The third kappa shape index (κ3) is 3.68. The molecule has 0 bridgehead atoms. The number of carbonyl (C=O) groups is 3. The molecule has 0 aromatic carbocycles. The lowest BCUT2D eigenvalue weighted by Gasteiger charge is -2.47. The highest BCUT2D eigenvalue weighted by molar-refractivity contribution is 5.88. The zero-order chi connectivity index (χ0) is 16.7. The fourth-order valence-corrected chi connectivity index (χ4v) is 2.69. The van der Waals surface area contributed by atoms with E-state index in [-0.39, 0.29) is 38.5 Å². The van der Waals surface area contributed by atoms with Gasteiger partial charge in [0.05, 0.1) is 25.6 Å². The summed E-state index contributed by atoms with van der Waals surface area (Å²) in [6, 6.07) is 0. The van der Waals surface area contributed by atoms with E-state index < -0.39 is 29.1 Å². The molecule has 1 unspecified atom stereocenters. The van der Waals surface area contributed by atoms with E-state index in [1.165, 1.54) is 9.80 Å². The second kappa shape index (κ2) is 5.42. The molecule has 2 rings (SSSR count). The molecule has 0 aliphatic carbocycles. The summed E-state index contributed by atoms with van der Waals surface area (Å²) in [5.74, 6) is -1.21. The van der Waals surface area contributed by atoms with Crippen molar-refractivity contribution < 1.29 is 24.2 Å². The van der Waals surface area contributed by atoms with Crippen LogP contribution in [0.1, 0.15) is 27.2 Å². The van der Waals surface area contributed by atoms with Crippen molar-refractivity contribution >= 4 is 17.9 Å². The normalized spacial score (nSPS) is 24.2. The van der Waals surface area contributed by atoms with Crippen LogP contribution in [0, 0.1) is 5.92 Å². The van der Waals surface area contributed by atoms with E-state index in [4.69, 9.17) is 10.5 Å². The molecule has 2 saturated heterocycles. The smallest absolute Gasteiger partial charge is 0.410 e. The number of likely N-dealkylation sites (tertiary alicyclic amines) is 2. The van der Waals surface area contributed by atoms with Crippen molar-refractivity contribution in [2.45, 2.75) is 38.4 Å². The van der Waals surface area contributed by atoms with Crippen LogP contribution in [-0.2, 0) is 14.3 Å². The predicted octanol–water partition coefficient (Wildman–Crippen LogP) is -0.698. The van der Waals surface area contributed by atoms with Crippen LogP contribution in [0.25, 0.3) is 0 Å². The van der Waals surface area contributed by atoms with Gasteiger partial charge in [0, 0.05) is 13.0 Å². The summed E-state index contributed by atoms with van der Waals surface area (Å²) in [6.07, 6.45) is -0.402. The molecule has 8 heteroatoms. The van der Waals surface area contributed by atoms with Crippen LogP contribution in [0.5, 0.6) is 0 Å². The number of primary amides is 1. The number of nitrogens with zero attached hydrogens (tertiary/aromatic N) is 2. The lowest BCUT2D eigenvalue weighted by Crippen LogP contribution is -2.68. The molecule has 22 heavy (non-hydrogen) atoms. The number of rotatable bonds is 3. The van der Waals surface area contributed by atoms with Crippen LogP contribution in [0.2, 0.25) is 0 Å². The summed E-state index contributed by atoms with van der Waals surface area (Å²) >= 11 is 0. The zero-order valence-electron chi connectivity index (χ0n) is 13.2. The van der Waals surface area contributed by atoms with Crippen molar-refractivity contribution in [3.63, 3.8) is 0 Å². The molecule has 124 valence electrons. The van der Waals surface area contributed by atoms with Crippen LogP contribution >= 0.6 is 0 Å². The van der Waals surface area contributed by atoms with Crippen LogP contribution < -0.4 is 5.73 Å². The van der Waals surface area contributed by atoms with E-state index in [9.17, 15) is 19.5 Å². The first-order valence-corrected chi connectivity index (χ1v) is 7.26. The van der Waals surface area contributed by atoms with Gasteiger partial charge in [0.2, 0.25) is 11.8 Å². The third-order valence-electron chi connectivity index (χ3n) is 3.72. The lowest BCUT2D eigenvalue weighted by atomic mass is 9.94. The van der Waals surface area contributed by atoms with Gasteiger partial charge in [-0.05, 0) is 20.8 Å². The Morgan fingerprint density at radius 2 is 2.00 bits per heavy atom. The first kappa shape index (κ1) is 16.5. The van der Waals surface area contributed by atoms with Crippen LogP contribution in [0.3, 0.4) is 0 Å². The van der Waals surface area contributed by atoms with Gasteiger partial charge < -0.3 is 25.4 Å². The highest BCUT2D eigenvalue weighted by Crippen LogP contribution is 2.27. The molecule has 0 saturated carbocycles. The van der Waals surface area contributed by atoms with E-state index in [1.54, 1.807) is 20.8 Å². The number of amides is 3. The van der Waals surface area contributed by atoms with E-state index >= 15 is 0 Å². The Morgan fingerprint density at radius 1 is 1.41 bits per heavy atom. The van der Waals surface area contributed by atoms with Gasteiger partial charge in [-0.15, -0.1) is 0 Å². The summed E-state index contributed by atoms with van der Waals surface area (Å²) in [5.41, 5.74) is 3.46. The molecule has 2 heterocycles. The van der Waals surface area contributed by atoms with Gasteiger partial charge in [-0.25, -0.2) is 4.79 Å². The van der Waals surface area contributed by atoms with E-state index in [1.807, 2.05) is 0 Å². The maximum Gasteiger partial charge on any atom is 0.410 e. The van der Waals surface area contributed by atoms with Gasteiger partial charge in [-0.1, -0.05) is 0 Å². The predicted molar refractivity (Wildman–Crippen MR) is 76.6 cm³/mol. The summed E-state index contributed by atoms with van der Waals surface area (Å²) in [5, 5.41) is 10.4. The van der Waals surface area contributed by atoms with Crippen molar-refractivity contribution in [3.8, 4) is 0 Å². The minimum absolute atomic E-state index is 0.0845. The summed E-state index contributed by atoms with van der Waals surface area (Å²) in [4.78, 5) is 37.6. The third-order valence-corrected chi connectivity index (χ3v) is 3.72. The molecule has 1 atom stereocenters. The second-order valence-electron chi connectivity index (χ2n) is 7.14. The van der Waals surface area contributed by atoms with Crippen molar-refractivity contribution in [2.24, 2.45) is 11.7 Å². The number of carbonyl (C=O) groups excluding carboxylic acids is 3. The van der Waals surface area contributed by atoms with Gasteiger partial charge in [0.15, 0.2) is 0 Å². The Morgan fingerprint density at radius 3 is 2.45 bits per heavy atom. The summed E-state index contributed by atoms with van der Waals surface area (Å²) in [7, 11) is 0. The Bertz CT molecular complexity index is 493. The average Bonchev–Trinajstić information content (AvgIpc) is 2.65. The number of hydrogen-bond acceptors (Lipinski definition) is 5. The van der Waals surface area contributed by atoms with Crippen molar-refractivity contribution in [1.82, 2.24) is 9.80 Å². The first-order chi connectivity index (χ1) is 9.99. The molecule has 2 aliphatic rings. The molecule has 2 fully saturated rings. The lowest BCUT2D eigenvalue weighted by molar-refractivity contribution is -0.139. The number of ether oxygens (including phenoxy) is 1. The minimum Gasteiger partial charge on any atom is -0.444 e. The Kier molecular flexibility index (Phi) is 4.08. The maximum atomic E-state index is 11.8. The molecule has 3 N–H and O–H groups in total. The largest absolute Gasteiger partial charge is 0.444 e. The molecule has 8 nitrogen and oxygen atoms in total. The van der Waals surface area contributed by atoms with Crippen molar-refractivity contribution in [1.29, 1.82) is 0 Å². The van der Waals surface area contributed by atoms with Crippen molar-refractivity contribution in [2.75, 3.05) is 26.2 Å². The van der Waals surface area contributed by atoms with Crippen molar-refractivity contribution in [3.05, 3.63) is 0 Å². The first-order valence-electron chi connectivity index (χ1n) is 7.26. The van der Waals surface area contributed by atoms with Gasteiger partial charge in [0.1, 0.15) is 11.2 Å². The monoisotopic (exact) mass is 313 g/mol. The van der Waals surface area contributed by atoms with Crippen LogP contribution in [0.15, 0.2) is 0 Å². The second-order valence-corrected chi connectivity index (χ2v) is 7.14. The number of aliphatic hydroxyl groups is 1. The molecule has 0 radical (unpaired) electrons. The Labute approximate surface area is 129 Å². The molecule has 0 spiro atoms. The maximum absolute atomic E-state index is 11.8. The fraction of sp³-hybridized carbons (Fsp3) is 0.786. The van der Waals surface area contributed by atoms with Crippen LogP contribution in [-0.4, -0.2) is 70.2 Å². The van der Waals surface area contributed by atoms with Gasteiger partial charge in [0.25, 0.3) is 0 Å². The van der Waals surface area contributed by atoms with Gasteiger partial charge >= 0.3 is 6.09 Å². The minimum atomic E-state index is -1.15. The fourth-order valence-electron chi connectivity index (χ4n) is 2.69.